The van der Waals surface area contributed by atoms with Crippen LogP contribution < -0.4 is 5.32 Å². The van der Waals surface area contributed by atoms with Crippen molar-refractivity contribution in [3.8, 4) is 0 Å². The summed E-state index contributed by atoms with van der Waals surface area (Å²) in [5, 5.41) is 14.7. The summed E-state index contributed by atoms with van der Waals surface area (Å²) >= 11 is 3.40. The first kappa shape index (κ1) is 14.9. The average Bonchev–Trinajstić information content (AvgIpc) is 2.88. The van der Waals surface area contributed by atoms with E-state index in [2.05, 4.69) is 26.1 Å². The number of hydrogen-bond donors (Lipinski definition) is 1. The second-order valence-electron chi connectivity index (χ2n) is 5.91. The highest BCUT2D eigenvalue weighted by atomic mass is 79.9. The molecule has 21 heavy (non-hydrogen) atoms. The molecule has 0 aromatic heterocycles. The van der Waals surface area contributed by atoms with Crippen LogP contribution in [-0.2, 0) is 6.54 Å². The molecule has 3 rings (SSSR count). The molecule has 6 heteroatoms. The number of nitrogens with zero attached hydrogens (tertiary/aromatic N) is 2. The Balaban J connectivity index is 1.67. The molecule has 0 spiro atoms. The lowest BCUT2D eigenvalue weighted by molar-refractivity contribution is -0.385. The van der Waals surface area contributed by atoms with Crippen molar-refractivity contribution in [2.45, 2.75) is 44.3 Å². The summed E-state index contributed by atoms with van der Waals surface area (Å²) in [5.41, 5.74) is 0.952. The molecular weight excluding hydrogens is 334 g/mol. The highest BCUT2D eigenvalue weighted by Gasteiger charge is 2.35. The Labute approximate surface area is 133 Å². The second-order valence-corrected chi connectivity index (χ2v) is 6.82. The Morgan fingerprint density at radius 3 is 3.00 bits per heavy atom. The fourth-order valence-corrected chi connectivity index (χ4v) is 4.01. The number of nitrogens with one attached hydrogen (secondary N) is 1. The minimum atomic E-state index is -0.301. The fourth-order valence-electron chi connectivity index (χ4n) is 3.60. The molecule has 1 aromatic rings. The van der Waals surface area contributed by atoms with Crippen LogP contribution in [0.5, 0.6) is 0 Å². The zero-order chi connectivity index (χ0) is 14.8. The molecule has 0 bridgehead atoms. The van der Waals surface area contributed by atoms with Crippen molar-refractivity contribution in [1.82, 2.24) is 10.2 Å². The van der Waals surface area contributed by atoms with Crippen molar-refractivity contribution in [3.63, 3.8) is 0 Å². The molecule has 2 heterocycles. The van der Waals surface area contributed by atoms with Gasteiger partial charge in [0.05, 0.1) is 4.92 Å². The average molecular weight is 354 g/mol. The first-order valence-electron chi connectivity index (χ1n) is 7.55. The van der Waals surface area contributed by atoms with Crippen molar-refractivity contribution in [3.05, 3.63) is 38.3 Å². The first-order chi connectivity index (χ1) is 10.1. The van der Waals surface area contributed by atoms with Gasteiger partial charge in [0.2, 0.25) is 0 Å². The van der Waals surface area contributed by atoms with E-state index in [4.69, 9.17) is 0 Å². The SMILES string of the molecule is O=[N+]([O-])c1ccc(Br)cc1CNC1CCN2CCCCC12. The summed E-state index contributed by atoms with van der Waals surface area (Å²) in [5.74, 6) is 0. The van der Waals surface area contributed by atoms with Gasteiger partial charge in [0.15, 0.2) is 0 Å². The van der Waals surface area contributed by atoms with Gasteiger partial charge < -0.3 is 5.32 Å². The second kappa shape index (κ2) is 6.42. The van der Waals surface area contributed by atoms with E-state index < -0.39 is 0 Å². The van der Waals surface area contributed by atoms with Crippen LogP contribution in [-0.4, -0.2) is 35.0 Å². The van der Waals surface area contributed by atoms with Gasteiger partial charge in [0.1, 0.15) is 0 Å². The van der Waals surface area contributed by atoms with Gasteiger partial charge in [-0.25, -0.2) is 0 Å². The highest BCUT2D eigenvalue weighted by Crippen LogP contribution is 2.28. The fraction of sp³-hybridized carbons (Fsp3) is 0.600. The molecule has 0 radical (unpaired) electrons. The van der Waals surface area contributed by atoms with Crippen molar-refractivity contribution in [2.75, 3.05) is 13.1 Å². The molecule has 5 nitrogen and oxygen atoms in total. The quantitative estimate of drug-likeness (QED) is 0.667. The predicted molar refractivity (Wildman–Crippen MR) is 85.3 cm³/mol. The Kier molecular flexibility index (Phi) is 4.57. The molecule has 2 aliphatic heterocycles. The van der Waals surface area contributed by atoms with E-state index in [0.29, 0.717) is 18.6 Å². The van der Waals surface area contributed by atoms with Gasteiger partial charge >= 0.3 is 0 Å². The maximum absolute atomic E-state index is 11.1. The zero-order valence-electron chi connectivity index (χ0n) is 11.9. The van der Waals surface area contributed by atoms with Crippen molar-refractivity contribution in [2.24, 2.45) is 0 Å². The van der Waals surface area contributed by atoms with Crippen LogP contribution in [0.1, 0.15) is 31.2 Å². The van der Waals surface area contributed by atoms with E-state index in [0.717, 1.165) is 23.0 Å². The maximum atomic E-state index is 11.1. The van der Waals surface area contributed by atoms with E-state index >= 15 is 0 Å². The smallest absolute Gasteiger partial charge is 0.273 e. The Morgan fingerprint density at radius 2 is 2.19 bits per heavy atom. The molecule has 114 valence electrons. The first-order valence-corrected chi connectivity index (χ1v) is 8.35. The molecule has 2 atom stereocenters. The highest BCUT2D eigenvalue weighted by molar-refractivity contribution is 9.10. The van der Waals surface area contributed by atoms with Crippen LogP contribution in [0.15, 0.2) is 22.7 Å². The van der Waals surface area contributed by atoms with Gasteiger partial charge in [-0.15, -0.1) is 0 Å². The Morgan fingerprint density at radius 1 is 1.33 bits per heavy atom. The molecule has 1 N–H and O–H groups in total. The Hall–Kier alpha value is -0.980. The molecule has 1 aromatic carbocycles. The number of halogens is 1. The van der Waals surface area contributed by atoms with E-state index in [-0.39, 0.29) is 10.6 Å². The molecule has 2 unspecified atom stereocenters. The third-order valence-corrected chi connectivity index (χ3v) is 5.14. The van der Waals surface area contributed by atoms with Crippen LogP contribution in [0.4, 0.5) is 5.69 Å². The van der Waals surface area contributed by atoms with Crippen LogP contribution >= 0.6 is 15.9 Å². The van der Waals surface area contributed by atoms with Crippen LogP contribution in [0, 0.1) is 10.1 Å². The van der Waals surface area contributed by atoms with E-state index in [1.807, 2.05) is 6.07 Å². The number of fused-ring (bicyclic) bond motifs is 1. The minimum Gasteiger partial charge on any atom is -0.308 e. The summed E-state index contributed by atoms with van der Waals surface area (Å²) in [4.78, 5) is 13.4. The van der Waals surface area contributed by atoms with E-state index in [1.165, 1.54) is 25.8 Å². The lowest BCUT2D eigenvalue weighted by Gasteiger charge is -2.32. The van der Waals surface area contributed by atoms with Crippen molar-refractivity contribution >= 4 is 21.6 Å². The normalized spacial score (nSPS) is 25.8. The van der Waals surface area contributed by atoms with Gasteiger partial charge in [-0.2, -0.15) is 0 Å². The summed E-state index contributed by atoms with van der Waals surface area (Å²) in [6.07, 6.45) is 5.00. The summed E-state index contributed by atoms with van der Waals surface area (Å²) < 4.78 is 0.885. The molecular formula is C15H20BrN3O2. The minimum absolute atomic E-state index is 0.198. The third kappa shape index (κ3) is 3.27. The topological polar surface area (TPSA) is 58.4 Å². The lowest BCUT2D eigenvalue weighted by Crippen LogP contribution is -2.44. The standard InChI is InChI=1S/C15H20BrN3O2/c16-12-4-5-14(19(20)21)11(9-12)10-17-13-6-8-18-7-2-1-3-15(13)18/h4-5,9,13,15,17H,1-3,6-8,10H2. The summed E-state index contributed by atoms with van der Waals surface area (Å²) in [7, 11) is 0. The van der Waals surface area contributed by atoms with Crippen LogP contribution in [0.25, 0.3) is 0 Å². The van der Waals surface area contributed by atoms with Gasteiger partial charge in [0.25, 0.3) is 5.69 Å². The number of nitro benzene ring substituents is 1. The molecule has 0 amide bonds. The van der Waals surface area contributed by atoms with Gasteiger partial charge in [-0.05, 0) is 37.9 Å². The number of benzene rings is 1. The largest absolute Gasteiger partial charge is 0.308 e. The van der Waals surface area contributed by atoms with E-state index in [9.17, 15) is 10.1 Å². The summed E-state index contributed by atoms with van der Waals surface area (Å²) in [6, 6.07) is 6.22. The third-order valence-electron chi connectivity index (χ3n) is 4.65. The van der Waals surface area contributed by atoms with Gasteiger partial charge in [-0.3, -0.25) is 15.0 Å². The molecule has 2 saturated heterocycles. The monoisotopic (exact) mass is 353 g/mol. The lowest BCUT2D eigenvalue weighted by atomic mass is 9.99. The summed E-state index contributed by atoms with van der Waals surface area (Å²) in [6.45, 7) is 2.92. The van der Waals surface area contributed by atoms with E-state index in [1.54, 1.807) is 12.1 Å². The maximum Gasteiger partial charge on any atom is 0.273 e. The van der Waals surface area contributed by atoms with Gasteiger partial charge in [-0.1, -0.05) is 22.4 Å². The molecule has 0 saturated carbocycles. The Bertz CT molecular complexity index is 538. The van der Waals surface area contributed by atoms with Crippen LogP contribution in [0.3, 0.4) is 0 Å². The number of piperidine rings is 1. The predicted octanol–water partition coefficient (Wildman–Crippen LogP) is 3.07. The van der Waals surface area contributed by atoms with Gasteiger partial charge in [0, 0.05) is 41.3 Å². The molecule has 2 aliphatic rings. The van der Waals surface area contributed by atoms with Crippen LogP contribution in [0.2, 0.25) is 0 Å². The van der Waals surface area contributed by atoms with Crippen molar-refractivity contribution < 1.29 is 4.92 Å². The number of nitro groups is 1. The molecule has 0 aliphatic carbocycles. The molecule has 2 fully saturated rings. The zero-order valence-corrected chi connectivity index (χ0v) is 13.5. The van der Waals surface area contributed by atoms with Crippen molar-refractivity contribution in [1.29, 1.82) is 0 Å². The number of hydrogen-bond acceptors (Lipinski definition) is 4. The number of rotatable bonds is 4.